The number of rotatable bonds is 1. The van der Waals surface area contributed by atoms with Crippen molar-refractivity contribution in [1.29, 1.82) is 0 Å². The molecule has 2 heterocycles. The minimum absolute atomic E-state index is 0.158. The van der Waals surface area contributed by atoms with E-state index in [1.807, 2.05) is 18.2 Å². The average Bonchev–Trinajstić information content (AvgIpc) is 2.95. The molecular weight excluding hydrogens is 230 g/mol. The summed E-state index contributed by atoms with van der Waals surface area (Å²) < 4.78 is 5.15. The first kappa shape index (κ1) is 10.8. The second-order valence-corrected chi connectivity index (χ2v) is 4.32. The normalized spacial score (nSPS) is 13.7. The van der Waals surface area contributed by atoms with Gasteiger partial charge in [-0.25, -0.2) is 4.98 Å². The van der Waals surface area contributed by atoms with Crippen molar-refractivity contribution >= 4 is 17.3 Å². The molecule has 0 aliphatic carbocycles. The number of benzene rings is 1. The number of fused-ring (bicyclic) bond motifs is 1. The molecule has 18 heavy (non-hydrogen) atoms. The molecule has 1 amide bonds. The molecular formula is C13H13N3O2. The minimum Gasteiger partial charge on any atom is -0.438 e. The Morgan fingerprint density at radius 1 is 1.50 bits per heavy atom. The fourth-order valence-corrected chi connectivity index (χ4v) is 2.30. The molecule has 0 saturated heterocycles. The first-order valence-electron chi connectivity index (χ1n) is 5.78. The highest BCUT2D eigenvalue weighted by Gasteiger charge is 2.29. The van der Waals surface area contributed by atoms with Crippen molar-refractivity contribution in [3.8, 4) is 0 Å². The summed E-state index contributed by atoms with van der Waals surface area (Å²) in [7, 11) is 0. The Balaban J connectivity index is 2.00. The first-order valence-corrected chi connectivity index (χ1v) is 5.78. The second-order valence-electron chi connectivity index (χ2n) is 4.32. The van der Waals surface area contributed by atoms with Crippen LogP contribution in [-0.4, -0.2) is 17.4 Å². The molecule has 0 atom stereocenters. The van der Waals surface area contributed by atoms with Crippen molar-refractivity contribution in [2.24, 2.45) is 0 Å². The van der Waals surface area contributed by atoms with Crippen LogP contribution in [0.15, 0.2) is 29.0 Å². The van der Waals surface area contributed by atoms with Crippen molar-refractivity contribution in [1.82, 2.24) is 4.98 Å². The number of anilines is 2. The van der Waals surface area contributed by atoms with E-state index in [1.165, 1.54) is 6.39 Å². The van der Waals surface area contributed by atoms with Crippen molar-refractivity contribution in [2.75, 3.05) is 17.2 Å². The van der Waals surface area contributed by atoms with Crippen LogP contribution in [-0.2, 0) is 6.42 Å². The van der Waals surface area contributed by atoms with E-state index in [1.54, 1.807) is 11.8 Å². The van der Waals surface area contributed by atoms with Gasteiger partial charge in [0.25, 0.3) is 5.91 Å². The molecule has 0 radical (unpaired) electrons. The van der Waals surface area contributed by atoms with Gasteiger partial charge in [-0.2, -0.15) is 0 Å². The van der Waals surface area contributed by atoms with Crippen LogP contribution in [0.5, 0.6) is 0 Å². The largest absolute Gasteiger partial charge is 0.438 e. The lowest BCUT2D eigenvalue weighted by atomic mass is 10.1. The van der Waals surface area contributed by atoms with E-state index >= 15 is 0 Å². The molecule has 5 heteroatoms. The lowest BCUT2D eigenvalue weighted by Gasteiger charge is -2.16. The van der Waals surface area contributed by atoms with Gasteiger partial charge in [0, 0.05) is 23.5 Å². The van der Waals surface area contributed by atoms with Gasteiger partial charge in [0.2, 0.25) is 5.76 Å². The van der Waals surface area contributed by atoms with E-state index in [9.17, 15) is 4.79 Å². The Bertz CT molecular complexity index is 618. The van der Waals surface area contributed by atoms with E-state index < -0.39 is 0 Å². The molecule has 0 saturated carbocycles. The Kier molecular flexibility index (Phi) is 2.33. The number of nitrogens with zero attached hydrogens (tertiary/aromatic N) is 2. The summed E-state index contributed by atoms with van der Waals surface area (Å²) in [5.41, 5.74) is 9.15. The first-order chi connectivity index (χ1) is 8.68. The number of aryl methyl sites for hydroxylation is 1. The van der Waals surface area contributed by atoms with Gasteiger partial charge in [-0.3, -0.25) is 4.79 Å². The summed E-state index contributed by atoms with van der Waals surface area (Å²) in [6.07, 6.45) is 2.07. The van der Waals surface area contributed by atoms with Crippen LogP contribution in [0.3, 0.4) is 0 Å². The molecule has 3 rings (SSSR count). The standard InChI is InChI=1S/C13H13N3O2/c1-8-12(18-7-15-8)13(17)16-6-5-9-10(14)3-2-4-11(9)16/h2-4,7H,5-6,14H2,1H3. The summed E-state index contributed by atoms with van der Waals surface area (Å²) in [6.45, 7) is 2.38. The number of carbonyl (C=O) groups excluding carboxylic acids is 1. The maximum Gasteiger partial charge on any atom is 0.295 e. The predicted molar refractivity (Wildman–Crippen MR) is 67.5 cm³/mol. The van der Waals surface area contributed by atoms with Crippen molar-refractivity contribution in [2.45, 2.75) is 13.3 Å². The van der Waals surface area contributed by atoms with E-state index in [-0.39, 0.29) is 5.91 Å². The van der Waals surface area contributed by atoms with Gasteiger partial charge in [-0.05, 0) is 25.5 Å². The smallest absolute Gasteiger partial charge is 0.295 e. The van der Waals surface area contributed by atoms with Gasteiger partial charge in [0.05, 0.1) is 5.69 Å². The number of hydrogen-bond donors (Lipinski definition) is 1. The third-order valence-electron chi connectivity index (χ3n) is 3.25. The lowest BCUT2D eigenvalue weighted by Crippen LogP contribution is -2.29. The SMILES string of the molecule is Cc1ncoc1C(=O)N1CCc2c(N)cccc21. The molecule has 92 valence electrons. The van der Waals surface area contributed by atoms with Gasteiger partial charge in [0.15, 0.2) is 6.39 Å². The maximum absolute atomic E-state index is 12.4. The van der Waals surface area contributed by atoms with Crippen molar-refractivity contribution in [3.05, 3.63) is 41.6 Å². The highest BCUT2D eigenvalue weighted by Crippen LogP contribution is 2.33. The monoisotopic (exact) mass is 243 g/mol. The summed E-state index contributed by atoms with van der Waals surface area (Å²) in [4.78, 5) is 18.0. The molecule has 0 spiro atoms. The topological polar surface area (TPSA) is 72.4 Å². The average molecular weight is 243 g/mol. The lowest BCUT2D eigenvalue weighted by molar-refractivity contribution is 0.0962. The Labute approximate surface area is 104 Å². The van der Waals surface area contributed by atoms with E-state index in [0.717, 1.165) is 23.4 Å². The fraction of sp³-hybridized carbons (Fsp3) is 0.231. The molecule has 1 aliphatic rings. The number of oxazole rings is 1. The highest BCUT2D eigenvalue weighted by molar-refractivity contribution is 6.06. The molecule has 1 aromatic heterocycles. The summed E-state index contributed by atoms with van der Waals surface area (Å²) >= 11 is 0. The molecule has 0 fully saturated rings. The van der Waals surface area contributed by atoms with E-state index in [0.29, 0.717) is 18.0 Å². The van der Waals surface area contributed by atoms with Crippen LogP contribution in [0, 0.1) is 6.92 Å². The van der Waals surface area contributed by atoms with Gasteiger partial charge >= 0.3 is 0 Å². The van der Waals surface area contributed by atoms with Gasteiger partial charge in [0.1, 0.15) is 0 Å². The number of nitrogen functional groups attached to an aromatic ring is 1. The van der Waals surface area contributed by atoms with E-state index in [2.05, 4.69) is 4.98 Å². The number of nitrogens with two attached hydrogens (primary N) is 1. The second kappa shape index (κ2) is 3.87. The van der Waals surface area contributed by atoms with Crippen LogP contribution in [0.1, 0.15) is 21.8 Å². The molecule has 1 aliphatic heterocycles. The van der Waals surface area contributed by atoms with Crippen molar-refractivity contribution < 1.29 is 9.21 Å². The molecule has 0 unspecified atom stereocenters. The molecule has 5 nitrogen and oxygen atoms in total. The maximum atomic E-state index is 12.4. The van der Waals surface area contributed by atoms with Crippen LogP contribution in [0.25, 0.3) is 0 Å². The Morgan fingerprint density at radius 3 is 3.06 bits per heavy atom. The third-order valence-corrected chi connectivity index (χ3v) is 3.25. The third kappa shape index (κ3) is 1.48. The Morgan fingerprint density at radius 2 is 2.33 bits per heavy atom. The number of aromatic nitrogens is 1. The predicted octanol–water partition coefficient (Wildman–Crippen LogP) is 1.77. The molecule has 1 aromatic carbocycles. The van der Waals surface area contributed by atoms with Crippen LogP contribution in [0.4, 0.5) is 11.4 Å². The quantitative estimate of drug-likeness (QED) is 0.775. The molecule has 0 bridgehead atoms. The minimum atomic E-state index is -0.158. The molecule has 2 aromatic rings. The van der Waals surface area contributed by atoms with Crippen LogP contribution in [0.2, 0.25) is 0 Å². The summed E-state index contributed by atoms with van der Waals surface area (Å²) in [5, 5.41) is 0. The summed E-state index contributed by atoms with van der Waals surface area (Å²) in [6, 6.07) is 5.61. The zero-order valence-electron chi connectivity index (χ0n) is 10.0. The van der Waals surface area contributed by atoms with Gasteiger partial charge < -0.3 is 15.1 Å². The van der Waals surface area contributed by atoms with Crippen molar-refractivity contribution in [3.63, 3.8) is 0 Å². The van der Waals surface area contributed by atoms with Gasteiger partial charge in [-0.15, -0.1) is 0 Å². The van der Waals surface area contributed by atoms with Crippen LogP contribution < -0.4 is 10.6 Å². The number of hydrogen-bond acceptors (Lipinski definition) is 4. The number of amides is 1. The summed E-state index contributed by atoms with van der Waals surface area (Å²) in [5.74, 6) is 0.139. The van der Waals surface area contributed by atoms with Gasteiger partial charge in [-0.1, -0.05) is 6.07 Å². The Hall–Kier alpha value is -2.30. The fourth-order valence-electron chi connectivity index (χ4n) is 2.30. The highest BCUT2D eigenvalue weighted by atomic mass is 16.3. The van der Waals surface area contributed by atoms with E-state index in [4.69, 9.17) is 10.2 Å². The zero-order valence-corrected chi connectivity index (χ0v) is 10.0. The zero-order chi connectivity index (χ0) is 12.7. The van der Waals surface area contributed by atoms with Crippen LogP contribution >= 0.6 is 0 Å². The molecule has 2 N–H and O–H groups in total. The number of carbonyl (C=O) groups is 1.